The first-order chi connectivity index (χ1) is 12.8. The van der Waals surface area contributed by atoms with Crippen molar-refractivity contribution in [1.29, 1.82) is 0 Å². The molecule has 4 aliphatic rings. The van der Waals surface area contributed by atoms with E-state index in [1.807, 2.05) is 6.92 Å². The van der Waals surface area contributed by atoms with Crippen LogP contribution in [0.1, 0.15) is 79.1 Å². The van der Waals surface area contributed by atoms with Gasteiger partial charge in [0.2, 0.25) is 0 Å². The summed E-state index contributed by atoms with van der Waals surface area (Å²) in [6.45, 7) is 8.41. The van der Waals surface area contributed by atoms with E-state index in [1.165, 1.54) is 12.0 Å². The second kappa shape index (κ2) is 6.60. The Balaban J connectivity index is 1.56. The molecule has 4 aliphatic carbocycles. The number of carbonyl (C=O) groups excluding carboxylic acids is 2. The fraction of sp³-hybridized carbons (Fsp3) is 0.750. The SMILES string of the molecule is CCC(=O)O[C@H]1CC[C@@]2(C)C(=CC[C@@H]3[C@@H]2CC[C@]2(C)C(C(C)=O)=CC[C@@H]32)C1. The predicted molar refractivity (Wildman–Crippen MR) is 106 cm³/mol. The highest BCUT2D eigenvalue weighted by Gasteiger charge is 2.57. The topological polar surface area (TPSA) is 43.4 Å². The van der Waals surface area contributed by atoms with Gasteiger partial charge < -0.3 is 4.74 Å². The van der Waals surface area contributed by atoms with Crippen LogP contribution in [0, 0.1) is 28.6 Å². The molecular weight excluding hydrogens is 336 g/mol. The van der Waals surface area contributed by atoms with Crippen molar-refractivity contribution in [3.63, 3.8) is 0 Å². The number of ether oxygens (including phenoxy) is 1. The lowest BCUT2D eigenvalue weighted by molar-refractivity contribution is -0.151. The first-order valence-electron chi connectivity index (χ1n) is 10.9. The zero-order chi connectivity index (χ0) is 19.4. The Labute approximate surface area is 163 Å². The van der Waals surface area contributed by atoms with Crippen LogP contribution < -0.4 is 0 Å². The lowest BCUT2D eigenvalue weighted by atomic mass is 9.47. The van der Waals surface area contributed by atoms with E-state index in [1.54, 1.807) is 6.92 Å². The molecule has 0 aliphatic heterocycles. The number of hydrogen-bond acceptors (Lipinski definition) is 3. The van der Waals surface area contributed by atoms with Crippen LogP contribution in [0.3, 0.4) is 0 Å². The van der Waals surface area contributed by atoms with Crippen molar-refractivity contribution in [3.05, 3.63) is 23.3 Å². The number of ketones is 1. The van der Waals surface area contributed by atoms with Crippen molar-refractivity contribution >= 4 is 11.8 Å². The molecule has 0 unspecified atom stereocenters. The van der Waals surface area contributed by atoms with Crippen LogP contribution in [-0.2, 0) is 14.3 Å². The number of esters is 1. The molecule has 0 aromatic rings. The number of hydrogen-bond donors (Lipinski definition) is 0. The summed E-state index contributed by atoms with van der Waals surface area (Å²) in [5.74, 6) is 2.20. The lowest BCUT2D eigenvalue weighted by Gasteiger charge is -2.57. The molecule has 2 fully saturated rings. The normalized spacial score (nSPS) is 43.0. The Bertz CT molecular complexity index is 717. The molecule has 0 spiro atoms. The minimum Gasteiger partial charge on any atom is -0.462 e. The van der Waals surface area contributed by atoms with Gasteiger partial charge in [-0.2, -0.15) is 0 Å². The minimum absolute atomic E-state index is 0.0691. The zero-order valence-corrected chi connectivity index (χ0v) is 17.3. The molecule has 0 amide bonds. The fourth-order valence-corrected chi connectivity index (χ4v) is 7.11. The van der Waals surface area contributed by atoms with Gasteiger partial charge in [0.15, 0.2) is 5.78 Å². The average molecular weight is 371 g/mol. The molecular formula is C24H34O3. The van der Waals surface area contributed by atoms with Gasteiger partial charge in [-0.15, -0.1) is 0 Å². The smallest absolute Gasteiger partial charge is 0.305 e. The van der Waals surface area contributed by atoms with Crippen LogP contribution in [-0.4, -0.2) is 17.9 Å². The third kappa shape index (κ3) is 2.84. The summed E-state index contributed by atoms with van der Waals surface area (Å²) < 4.78 is 5.67. The first kappa shape index (κ1) is 19.0. The van der Waals surface area contributed by atoms with Gasteiger partial charge in [-0.25, -0.2) is 0 Å². The maximum Gasteiger partial charge on any atom is 0.305 e. The van der Waals surface area contributed by atoms with E-state index in [4.69, 9.17) is 4.74 Å². The summed E-state index contributed by atoms with van der Waals surface area (Å²) in [6, 6.07) is 0. The summed E-state index contributed by atoms with van der Waals surface area (Å²) in [5, 5.41) is 0. The third-order valence-corrected chi connectivity index (χ3v) is 8.61. The van der Waals surface area contributed by atoms with E-state index in [-0.39, 0.29) is 28.7 Å². The molecule has 148 valence electrons. The number of allylic oxidation sites excluding steroid dienone is 3. The van der Waals surface area contributed by atoms with E-state index in [0.29, 0.717) is 24.2 Å². The molecule has 6 atom stereocenters. The molecule has 4 rings (SSSR count). The third-order valence-electron chi connectivity index (χ3n) is 8.61. The lowest BCUT2D eigenvalue weighted by Crippen LogP contribution is -2.50. The van der Waals surface area contributed by atoms with Crippen molar-refractivity contribution in [1.82, 2.24) is 0 Å². The first-order valence-corrected chi connectivity index (χ1v) is 10.9. The average Bonchev–Trinajstić information content (AvgIpc) is 2.99. The summed E-state index contributed by atoms with van der Waals surface area (Å²) in [5.41, 5.74) is 2.97. The van der Waals surface area contributed by atoms with E-state index >= 15 is 0 Å². The van der Waals surface area contributed by atoms with Crippen LogP contribution in [0.15, 0.2) is 23.3 Å². The highest BCUT2D eigenvalue weighted by Crippen LogP contribution is 2.65. The molecule has 3 heteroatoms. The number of fused-ring (bicyclic) bond motifs is 5. The highest BCUT2D eigenvalue weighted by atomic mass is 16.5. The van der Waals surface area contributed by atoms with E-state index in [9.17, 15) is 9.59 Å². The van der Waals surface area contributed by atoms with Gasteiger partial charge in [0.05, 0.1) is 0 Å². The predicted octanol–water partition coefficient (Wildman–Crippen LogP) is 5.40. The largest absolute Gasteiger partial charge is 0.462 e. The second-order valence-corrected chi connectivity index (χ2v) is 9.83. The van der Waals surface area contributed by atoms with Crippen LogP contribution in [0.4, 0.5) is 0 Å². The zero-order valence-electron chi connectivity index (χ0n) is 17.3. The van der Waals surface area contributed by atoms with E-state index < -0.39 is 0 Å². The summed E-state index contributed by atoms with van der Waals surface area (Å²) in [4.78, 5) is 23.9. The molecule has 0 N–H and O–H groups in total. The minimum atomic E-state index is -0.0693. The summed E-state index contributed by atoms with van der Waals surface area (Å²) in [6.07, 6.45) is 12.8. The maximum absolute atomic E-state index is 12.2. The molecule has 27 heavy (non-hydrogen) atoms. The standard InChI is InChI=1S/C24H34O3/c1-5-22(26)27-17-10-12-23(3)16(14-17)6-7-18-20-9-8-19(15(2)25)24(20,4)13-11-21(18)23/h6,8,17-18,20-21H,5,7,9-14H2,1-4H3/t17-,18-,20-,21-,23-,24+/m0/s1. The van der Waals surface area contributed by atoms with Crippen molar-refractivity contribution < 1.29 is 14.3 Å². The Morgan fingerprint density at radius 1 is 1.07 bits per heavy atom. The van der Waals surface area contributed by atoms with Gasteiger partial charge in [-0.1, -0.05) is 38.5 Å². The van der Waals surface area contributed by atoms with Crippen LogP contribution >= 0.6 is 0 Å². The highest BCUT2D eigenvalue weighted by molar-refractivity contribution is 5.95. The monoisotopic (exact) mass is 370 g/mol. The molecule has 2 saturated carbocycles. The van der Waals surface area contributed by atoms with Crippen LogP contribution in [0.5, 0.6) is 0 Å². The Kier molecular flexibility index (Phi) is 4.63. The molecule has 0 heterocycles. The Hall–Kier alpha value is -1.38. The van der Waals surface area contributed by atoms with Gasteiger partial charge >= 0.3 is 5.97 Å². The molecule has 0 radical (unpaired) electrons. The Morgan fingerprint density at radius 2 is 1.81 bits per heavy atom. The fourth-order valence-electron chi connectivity index (χ4n) is 7.11. The van der Waals surface area contributed by atoms with E-state index in [2.05, 4.69) is 26.0 Å². The van der Waals surface area contributed by atoms with Crippen molar-refractivity contribution in [3.8, 4) is 0 Å². The number of rotatable bonds is 3. The van der Waals surface area contributed by atoms with Gasteiger partial charge in [0, 0.05) is 12.8 Å². The molecule has 3 nitrogen and oxygen atoms in total. The second-order valence-electron chi connectivity index (χ2n) is 9.83. The molecule has 0 saturated heterocycles. The van der Waals surface area contributed by atoms with Gasteiger partial charge in [-0.05, 0) is 79.6 Å². The Morgan fingerprint density at radius 3 is 2.52 bits per heavy atom. The van der Waals surface area contributed by atoms with Gasteiger partial charge in [0.25, 0.3) is 0 Å². The van der Waals surface area contributed by atoms with Gasteiger partial charge in [0.1, 0.15) is 6.10 Å². The molecule has 0 bridgehead atoms. The van der Waals surface area contributed by atoms with Crippen molar-refractivity contribution in [2.75, 3.05) is 0 Å². The van der Waals surface area contributed by atoms with Crippen molar-refractivity contribution in [2.45, 2.75) is 85.2 Å². The maximum atomic E-state index is 12.2. The van der Waals surface area contributed by atoms with Crippen LogP contribution in [0.2, 0.25) is 0 Å². The van der Waals surface area contributed by atoms with Crippen molar-refractivity contribution in [2.24, 2.45) is 28.6 Å². The van der Waals surface area contributed by atoms with Gasteiger partial charge in [-0.3, -0.25) is 9.59 Å². The molecule has 0 aromatic carbocycles. The van der Waals surface area contributed by atoms with E-state index in [0.717, 1.165) is 44.1 Å². The summed E-state index contributed by atoms with van der Waals surface area (Å²) >= 11 is 0. The number of carbonyl (C=O) groups is 2. The summed E-state index contributed by atoms with van der Waals surface area (Å²) in [7, 11) is 0. The van der Waals surface area contributed by atoms with Crippen LogP contribution in [0.25, 0.3) is 0 Å². The number of Topliss-reactive ketones (excluding diaryl/α,β-unsaturated/α-hetero) is 1. The quantitative estimate of drug-likeness (QED) is 0.494. The molecule has 0 aromatic heterocycles.